The average molecular weight is 444 g/mol. The topological polar surface area (TPSA) is 89.6 Å². The van der Waals surface area contributed by atoms with Crippen LogP contribution in [-0.4, -0.2) is 35.5 Å². The molecule has 2 heterocycles. The van der Waals surface area contributed by atoms with E-state index in [2.05, 4.69) is 23.2 Å². The highest BCUT2D eigenvalue weighted by Crippen LogP contribution is 2.48. The first-order valence-corrected chi connectivity index (χ1v) is 10.8. The lowest BCUT2D eigenvalue weighted by Crippen LogP contribution is -2.30. The highest BCUT2D eigenvalue weighted by molar-refractivity contribution is 5.91. The van der Waals surface area contributed by atoms with Crippen LogP contribution in [0.4, 0.5) is 0 Å². The molecule has 0 spiro atoms. The van der Waals surface area contributed by atoms with Crippen molar-refractivity contribution >= 4 is 10.8 Å². The minimum absolute atomic E-state index is 0.0496. The van der Waals surface area contributed by atoms with Crippen LogP contribution in [0.25, 0.3) is 10.8 Å². The van der Waals surface area contributed by atoms with E-state index in [1.165, 1.54) is 0 Å². The number of ether oxygens (including phenoxy) is 3. The SMILES string of the molecule is COc1ccc([C@H]2c3ccc4ccccc4c3Oc3ncn(CCCO)c(=N)c32)cc1OC. The maximum atomic E-state index is 9.28. The summed E-state index contributed by atoms with van der Waals surface area (Å²) in [6.07, 6.45) is 2.15. The van der Waals surface area contributed by atoms with Crippen molar-refractivity contribution in [3.63, 3.8) is 0 Å². The molecule has 7 nitrogen and oxygen atoms in total. The zero-order chi connectivity index (χ0) is 22.9. The number of nitrogens with zero attached hydrogens (tertiary/aromatic N) is 2. The molecule has 0 saturated heterocycles. The molecule has 5 rings (SSSR count). The number of hydrogen-bond donors (Lipinski definition) is 2. The minimum Gasteiger partial charge on any atom is -0.493 e. The van der Waals surface area contributed by atoms with Crippen molar-refractivity contribution in [2.24, 2.45) is 0 Å². The molecule has 33 heavy (non-hydrogen) atoms. The summed E-state index contributed by atoms with van der Waals surface area (Å²) in [5.41, 5.74) is 2.91. The number of aryl methyl sites for hydroxylation is 1. The summed E-state index contributed by atoms with van der Waals surface area (Å²) >= 11 is 0. The van der Waals surface area contributed by atoms with E-state index >= 15 is 0 Å². The van der Waals surface area contributed by atoms with E-state index in [4.69, 9.17) is 19.6 Å². The fourth-order valence-corrected chi connectivity index (χ4v) is 4.49. The van der Waals surface area contributed by atoms with Crippen molar-refractivity contribution in [3.8, 4) is 23.1 Å². The zero-order valence-corrected chi connectivity index (χ0v) is 18.5. The largest absolute Gasteiger partial charge is 0.493 e. The molecule has 0 fully saturated rings. The van der Waals surface area contributed by atoms with Crippen LogP contribution >= 0.6 is 0 Å². The van der Waals surface area contributed by atoms with Crippen LogP contribution < -0.4 is 19.7 Å². The van der Waals surface area contributed by atoms with Crippen molar-refractivity contribution in [3.05, 3.63) is 83.1 Å². The number of aromatic nitrogens is 2. The van der Waals surface area contributed by atoms with Gasteiger partial charge in [0.2, 0.25) is 5.88 Å². The Hall–Kier alpha value is -3.84. The Labute approximate surface area is 191 Å². The van der Waals surface area contributed by atoms with E-state index in [1.54, 1.807) is 25.1 Å². The van der Waals surface area contributed by atoms with Gasteiger partial charge in [0.25, 0.3) is 0 Å². The number of aliphatic hydroxyl groups excluding tert-OH is 1. The van der Waals surface area contributed by atoms with Crippen molar-refractivity contribution < 1.29 is 19.3 Å². The molecule has 3 aromatic carbocycles. The summed E-state index contributed by atoms with van der Waals surface area (Å²) in [6, 6.07) is 18.0. The van der Waals surface area contributed by atoms with Crippen molar-refractivity contribution in [1.29, 1.82) is 5.41 Å². The Morgan fingerprint density at radius 2 is 1.88 bits per heavy atom. The maximum absolute atomic E-state index is 9.28. The second kappa shape index (κ2) is 8.60. The molecular weight excluding hydrogens is 418 g/mol. The van der Waals surface area contributed by atoms with Crippen molar-refractivity contribution in [2.75, 3.05) is 20.8 Å². The van der Waals surface area contributed by atoms with E-state index in [1.807, 2.05) is 36.4 Å². The Morgan fingerprint density at radius 1 is 1.06 bits per heavy atom. The fraction of sp³-hybridized carbons (Fsp3) is 0.231. The fourth-order valence-electron chi connectivity index (χ4n) is 4.49. The second-order valence-corrected chi connectivity index (χ2v) is 7.94. The molecule has 168 valence electrons. The monoisotopic (exact) mass is 443 g/mol. The summed E-state index contributed by atoms with van der Waals surface area (Å²) in [5.74, 6) is 2.15. The number of fused-ring (bicyclic) bond motifs is 4. The third-order valence-corrected chi connectivity index (χ3v) is 6.09. The Kier molecular flexibility index (Phi) is 5.48. The summed E-state index contributed by atoms with van der Waals surface area (Å²) in [6.45, 7) is 0.548. The molecule has 2 N–H and O–H groups in total. The Morgan fingerprint density at radius 3 is 2.67 bits per heavy atom. The Bertz CT molecular complexity index is 1400. The first-order valence-electron chi connectivity index (χ1n) is 10.8. The minimum atomic E-state index is -0.283. The van der Waals surface area contributed by atoms with E-state index in [9.17, 15) is 5.11 Å². The number of aliphatic hydroxyl groups is 1. The van der Waals surface area contributed by atoms with Gasteiger partial charge >= 0.3 is 0 Å². The first kappa shape index (κ1) is 21.0. The third-order valence-electron chi connectivity index (χ3n) is 6.09. The molecule has 4 aromatic rings. The Balaban J connectivity index is 1.78. The number of methoxy groups -OCH3 is 2. The van der Waals surface area contributed by atoms with Gasteiger partial charge in [-0.05, 0) is 29.5 Å². The van der Waals surface area contributed by atoms with Crippen LogP contribution in [0.5, 0.6) is 23.1 Å². The third kappa shape index (κ3) is 3.50. The van der Waals surface area contributed by atoms with Crippen LogP contribution in [0.1, 0.15) is 29.0 Å². The zero-order valence-electron chi connectivity index (χ0n) is 18.5. The quantitative estimate of drug-likeness (QED) is 0.411. The molecule has 0 saturated carbocycles. The number of hydrogen-bond acceptors (Lipinski definition) is 6. The standard InChI is InChI=1S/C26H25N3O4/c1-31-20-11-9-17(14-21(20)32-2)22-19-10-8-16-6-3-4-7-18(16)24(19)33-26-23(22)25(27)29(15-28-26)12-5-13-30/h3-4,6-11,14-15,22,27,30H,5,12-13H2,1-2H3/t22-/m0/s1. The van der Waals surface area contributed by atoms with Gasteiger partial charge in [0.05, 0.1) is 19.8 Å². The van der Waals surface area contributed by atoms with E-state index in [-0.39, 0.29) is 12.5 Å². The van der Waals surface area contributed by atoms with Crippen LogP contribution in [0.15, 0.2) is 60.9 Å². The second-order valence-electron chi connectivity index (χ2n) is 7.94. The van der Waals surface area contributed by atoms with Gasteiger partial charge in [-0.3, -0.25) is 5.41 Å². The molecule has 0 radical (unpaired) electrons. The summed E-state index contributed by atoms with van der Waals surface area (Å²) in [5, 5.41) is 20.3. The van der Waals surface area contributed by atoms with Gasteiger partial charge in [0, 0.05) is 30.0 Å². The molecule has 0 amide bonds. The highest BCUT2D eigenvalue weighted by atomic mass is 16.5. The maximum Gasteiger partial charge on any atom is 0.228 e. The van der Waals surface area contributed by atoms with E-state index in [0.717, 1.165) is 27.6 Å². The molecule has 1 aromatic heterocycles. The number of benzene rings is 3. The number of rotatable bonds is 6. The summed E-state index contributed by atoms with van der Waals surface area (Å²) < 4.78 is 19.1. The normalized spacial score (nSPS) is 14.3. The summed E-state index contributed by atoms with van der Waals surface area (Å²) in [7, 11) is 3.22. The number of nitrogens with one attached hydrogen (secondary N) is 1. The lowest BCUT2D eigenvalue weighted by Gasteiger charge is -2.29. The summed E-state index contributed by atoms with van der Waals surface area (Å²) in [4.78, 5) is 4.57. The molecule has 0 aliphatic carbocycles. The van der Waals surface area contributed by atoms with Gasteiger partial charge in [0.15, 0.2) is 11.5 Å². The van der Waals surface area contributed by atoms with Gasteiger partial charge in [0.1, 0.15) is 17.6 Å². The van der Waals surface area contributed by atoms with Crippen molar-refractivity contribution in [2.45, 2.75) is 18.9 Å². The smallest absolute Gasteiger partial charge is 0.228 e. The molecule has 1 atom stereocenters. The van der Waals surface area contributed by atoms with E-state index in [0.29, 0.717) is 41.4 Å². The van der Waals surface area contributed by atoms with Gasteiger partial charge < -0.3 is 23.9 Å². The predicted octanol–water partition coefficient (Wildman–Crippen LogP) is 4.20. The van der Waals surface area contributed by atoms with Gasteiger partial charge in [-0.1, -0.05) is 42.5 Å². The highest BCUT2D eigenvalue weighted by Gasteiger charge is 2.33. The first-order chi connectivity index (χ1) is 16.2. The molecule has 7 heteroatoms. The van der Waals surface area contributed by atoms with Gasteiger partial charge in [-0.2, -0.15) is 0 Å². The van der Waals surface area contributed by atoms with Gasteiger partial charge in [-0.15, -0.1) is 0 Å². The lowest BCUT2D eigenvalue weighted by molar-refractivity contribution is 0.278. The van der Waals surface area contributed by atoms with E-state index < -0.39 is 0 Å². The molecule has 0 bridgehead atoms. The lowest BCUT2D eigenvalue weighted by atomic mass is 9.82. The molecule has 1 aliphatic rings. The molecule has 0 unspecified atom stereocenters. The predicted molar refractivity (Wildman–Crippen MR) is 124 cm³/mol. The van der Waals surface area contributed by atoms with Crippen LogP contribution in [-0.2, 0) is 6.54 Å². The molecular formula is C26H25N3O4. The van der Waals surface area contributed by atoms with Crippen LogP contribution in [0.3, 0.4) is 0 Å². The average Bonchev–Trinajstić information content (AvgIpc) is 2.86. The van der Waals surface area contributed by atoms with Gasteiger partial charge in [-0.25, -0.2) is 4.98 Å². The van der Waals surface area contributed by atoms with Crippen molar-refractivity contribution in [1.82, 2.24) is 9.55 Å². The molecule has 1 aliphatic heterocycles. The van der Waals surface area contributed by atoms with Crippen LogP contribution in [0, 0.1) is 5.41 Å². The van der Waals surface area contributed by atoms with Crippen LogP contribution in [0.2, 0.25) is 0 Å².